The van der Waals surface area contributed by atoms with E-state index in [2.05, 4.69) is 25.9 Å². The van der Waals surface area contributed by atoms with Gasteiger partial charge < -0.3 is 40.2 Å². The van der Waals surface area contributed by atoms with Crippen LogP contribution in [-0.4, -0.2) is 56.9 Å². The number of phenolic OH excluding ortho intramolecular Hbond substituents is 1. The molecule has 13 heteroatoms. The van der Waals surface area contributed by atoms with Crippen molar-refractivity contribution in [3.8, 4) is 5.75 Å². The fraction of sp³-hybridized carbons (Fsp3) is 0.186. The van der Waals surface area contributed by atoms with E-state index in [1.807, 2.05) is 78.9 Å². The predicted molar refractivity (Wildman–Crippen MR) is 210 cm³/mol. The highest BCUT2D eigenvalue weighted by molar-refractivity contribution is 6.00. The Kier molecular flexibility index (Phi) is 10.9. The Morgan fingerprint density at radius 3 is 1.91 bits per heavy atom. The normalized spacial score (nSPS) is 12.9. The van der Waals surface area contributed by atoms with Crippen LogP contribution in [0, 0.1) is 0 Å². The Balaban J connectivity index is 1.17. The fourth-order valence-electron chi connectivity index (χ4n) is 6.66. The molecule has 13 nitrogen and oxygen atoms in total. The number of amides is 3. The van der Waals surface area contributed by atoms with Crippen molar-refractivity contribution in [3.05, 3.63) is 148 Å². The maximum Gasteiger partial charge on any atom is 0.349 e. The van der Waals surface area contributed by atoms with Crippen molar-refractivity contribution < 1.29 is 33.4 Å². The third kappa shape index (κ3) is 8.31. The van der Waals surface area contributed by atoms with Crippen molar-refractivity contribution in [2.45, 2.75) is 50.9 Å². The number of aromatic hydroxyl groups is 1. The molecule has 0 bridgehead atoms. The van der Waals surface area contributed by atoms with E-state index in [1.165, 1.54) is 24.3 Å². The lowest BCUT2D eigenvalue weighted by molar-refractivity contribution is -0.149. The molecule has 0 saturated heterocycles. The number of esters is 1. The average Bonchev–Trinajstić information content (AvgIpc) is 3.82. The Labute approximate surface area is 320 Å². The smallest absolute Gasteiger partial charge is 0.349 e. The van der Waals surface area contributed by atoms with Crippen LogP contribution < -0.4 is 21.6 Å². The van der Waals surface area contributed by atoms with Gasteiger partial charge in [0.25, 0.3) is 5.91 Å². The summed E-state index contributed by atoms with van der Waals surface area (Å²) in [5.74, 6) is -2.97. The van der Waals surface area contributed by atoms with E-state index in [1.54, 1.807) is 19.3 Å². The maximum absolute atomic E-state index is 14.4. The van der Waals surface area contributed by atoms with Crippen molar-refractivity contribution in [2.24, 2.45) is 0 Å². The van der Waals surface area contributed by atoms with Crippen LogP contribution in [0.15, 0.2) is 125 Å². The third-order valence-electron chi connectivity index (χ3n) is 9.65. The third-order valence-corrected chi connectivity index (χ3v) is 9.65. The number of aromatic amines is 2. The molecule has 0 fully saturated rings. The quantitative estimate of drug-likeness (QED) is 0.0647. The van der Waals surface area contributed by atoms with Gasteiger partial charge in [-0.1, -0.05) is 73.7 Å². The Morgan fingerprint density at radius 1 is 0.714 bits per heavy atom. The van der Waals surface area contributed by atoms with E-state index < -0.39 is 47.4 Å². The van der Waals surface area contributed by atoms with Crippen molar-refractivity contribution in [3.63, 3.8) is 0 Å². The molecule has 0 spiro atoms. The van der Waals surface area contributed by atoms with Crippen LogP contribution in [0.3, 0.4) is 0 Å². The van der Waals surface area contributed by atoms with E-state index in [0.29, 0.717) is 10.9 Å². The summed E-state index contributed by atoms with van der Waals surface area (Å²) in [6, 6.07) is 26.1. The number of carbonyl (C=O) groups excluding carboxylic acids is 4. The summed E-state index contributed by atoms with van der Waals surface area (Å²) in [6.07, 6.45) is 3.73. The second kappa shape index (κ2) is 16.5. The standard InChI is InChI=1S/C43H39N5O8/c1-2-33(43(54)55-24-25-10-4-3-5-11-25)46-40(51)37(20-28-23-45-35-15-9-7-13-31(28)35)48-41(52)36(19-27-22-44-34-14-8-6-12-30(27)34)47-39(50)32-18-26-16-17-29(49)21-38(26)56-42(32)53/h3-18,21-23,33,36-37,44-45,49H,2,19-20,24H2,1H3,(H,46,51)(H,47,50)(H,48,52)/t33-,36-,37-/m0/s1. The van der Waals surface area contributed by atoms with Crippen LogP contribution in [0.1, 0.15) is 40.4 Å². The van der Waals surface area contributed by atoms with Gasteiger partial charge in [-0.25, -0.2) is 9.59 Å². The molecule has 0 radical (unpaired) electrons. The number of phenols is 1. The highest BCUT2D eigenvalue weighted by Gasteiger charge is 2.32. The minimum absolute atomic E-state index is 0.0147. The molecule has 3 aromatic heterocycles. The van der Waals surface area contributed by atoms with Gasteiger partial charge in [0.05, 0.1) is 0 Å². The second-order valence-corrected chi connectivity index (χ2v) is 13.4. The first-order valence-electron chi connectivity index (χ1n) is 18.2. The topological polar surface area (TPSA) is 196 Å². The number of fused-ring (bicyclic) bond motifs is 3. The minimum Gasteiger partial charge on any atom is -0.508 e. The van der Waals surface area contributed by atoms with Gasteiger partial charge in [-0.05, 0) is 53.4 Å². The zero-order valence-electron chi connectivity index (χ0n) is 30.3. The molecule has 3 heterocycles. The number of nitrogens with one attached hydrogen (secondary N) is 5. The van der Waals surface area contributed by atoms with Crippen LogP contribution in [0.4, 0.5) is 0 Å². The van der Waals surface area contributed by atoms with Gasteiger partial charge in [-0.3, -0.25) is 14.4 Å². The number of ether oxygens (including phenoxy) is 1. The summed E-state index contributed by atoms with van der Waals surface area (Å²) >= 11 is 0. The molecular weight excluding hydrogens is 715 g/mol. The molecule has 0 aliphatic rings. The van der Waals surface area contributed by atoms with Gasteiger partial charge >= 0.3 is 11.6 Å². The van der Waals surface area contributed by atoms with E-state index in [9.17, 15) is 29.1 Å². The first-order valence-corrected chi connectivity index (χ1v) is 18.2. The molecule has 7 rings (SSSR count). The first-order chi connectivity index (χ1) is 27.2. The summed E-state index contributed by atoms with van der Waals surface area (Å²) in [6.45, 7) is 1.76. The highest BCUT2D eigenvalue weighted by Crippen LogP contribution is 2.23. The van der Waals surface area contributed by atoms with Crippen molar-refractivity contribution in [2.75, 3.05) is 0 Å². The summed E-state index contributed by atoms with van der Waals surface area (Å²) in [7, 11) is 0. The molecular formula is C43H39N5O8. The predicted octanol–water partition coefficient (Wildman–Crippen LogP) is 5.17. The zero-order valence-corrected chi connectivity index (χ0v) is 30.3. The van der Waals surface area contributed by atoms with Gasteiger partial charge in [0.2, 0.25) is 11.8 Å². The molecule has 56 heavy (non-hydrogen) atoms. The molecule has 0 aliphatic carbocycles. The number of hydrogen-bond acceptors (Lipinski definition) is 8. The molecule has 4 aromatic carbocycles. The number of carbonyl (C=O) groups is 4. The molecule has 0 aliphatic heterocycles. The minimum atomic E-state index is -1.28. The Bertz CT molecular complexity index is 2610. The summed E-state index contributed by atoms with van der Waals surface area (Å²) in [4.78, 5) is 74.9. The van der Waals surface area contributed by atoms with Gasteiger partial charge in [0.1, 0.15) is 41.6 Å². The summed E-state index contributed by atoms with van der Waals surface area (Å²) < 4.78 is 10.8. The molecule has 3 amide bonds. The summed E-state index contributed by atoms with van der Waals surface area (Å²) in [5.41, 5.74) is 2.63. The zero-order chi connectivity index (χ0) is 39.2. The van der Waals surface area contributed by atoms with Crippen LogP contribution in [-0.2, 0) is 38.6 Å². The van der Waals surface area contributed by atoms with Crippen LogP contribution >= 0.6 is 0 Å². The summed E-state index contributed by atoms with van der Waals surface area (Å²) in [5, 5.41) is 20.2. The number of H-pyrrole nitrogens is 2. The fourth-order valence-corrected chi connectivity index (χ4v) is 6.66. The molecule has 0 saturated carbocycles. The van der Waals surface area contributed by atoms with Crippen molar-refractivity contribution in [1.82, 2.24) is 25.9 Å². The number of rotatable bonds is 14. The first kappa shape index (κ1) is 37.2. The van der Waals surface area contributed by atoms with Gasteiger partial charge in [-0.15, -0.1) is 0 Å². The SMILES string of the molecule is CC[C@H](NC(=O)[C@H](Cc1c[nH]c2ccccc12)NC(=O)[C@H](Cc1c[nH]c2ccccc12)NC(=O)c1cc2ccc(O)cc2oc1=O)C(=O)OCc1ccccc1. The van der Waals surface area contributed by atoms with E-state index >= 15 is 0 Å². The molecule has 6 N–H and O–H groups in total. The van der Waals surface area contributed by atoms with E-state index in [4.69, 9.17) is 9.15 Å². The van der Waals surface area contributed by atoms with Crippen molar-refractivity contribution in [1.29, 1.82) is 0 Å². The average molecular weight is 754 g/mol. The van der Waals surface area contributed by atoms with Crippen LogP contribution in [0.25, 0.3) is 32.8 Å². The van der Waals surface area contributed by atoms with Crippen LogP contribution in [0.2, 0.25) is 0 Å². The number of para-hydroxylation sites is 2. The van der Waals surface area contributed by atoms with Gasteiger partial charge in [0.15, 0.2) is 0 Å². The Hall–Kier alpha value is -7.15. The lowest BCUT2D eigenvalue weighted by Crippen LogP contribution is -2.57. The lowest BCUT2D eigenvalue weighted by atomic mass is 10.0. The number of benzene rings is 4. The Morgan fingerprint density at radius 2 is 1.29 bits per heavy atom. The molecule has 284 valence electrons. The maximum atomic E-state index is 14.4. The van der Waals surface area contributed by atoms with E-state index in [0.717, 1.165) is 32.9 Å². The second-order valence-electron chi connectivity index (χ2n) is 13.4. The number of aromatic nitrogens is 2. The van der Waals surface area contributed by atoms with Gasteiger partial charge in [0, 0.05) is 58.5 Å². The monoisotopic (exact) mass is 753 g/mol. The highest BCUT2D eigenvalue weighted by atomic mass is 16.5. The molecule has 7 aromatic rings. The van der Waals surface area contributed by atoms with Gasteiger partial charge in [-0.2, -0.15) is 0 Å². The van der Waals surface area contributed by atoms with Crippen LogP contribution in [0.5, 0.6) is 5.75 Å². The lowest BCUT2D eigenvalue weighted by Gasteiger charge is -2.25. The largest absolute Gasteiger partial charge is 0.508 e. The number of hydrogen-bond donors (Lipinski definition) is 6. The molecule has 3 atom stereocenters. The van der Waals surface area contributed by atoms with Crippen molar-refractivity contribution >= 4 is 56.5 Å². The van der Waals surface area contributed by atoms with E-state index in [-0.39, 0.29) is 42.8 Å². The molecule has 0 unspecified atom stereocenters.